The van der Waals surface area contributed by atoms with Crippen molar-refractivity contribution in [3.8, 4) is 5.95 Å². The van der Waals surface area contributed by atoms with Gasteiger partial charge < -0.3 is 11.1 Å². The Balaban J connectivity index is 2.07. The van der Waals surface area contributed by atoms with E-state index in [2.05, 4.69) is 30.4 Å². The molecule has 2 rings (SSSR count). The number of anilines is 2. The minimum absolute atomic E-state index is 0.0830. The van der Waals surface area contributed by atoms with Gasteiger partial charge in [0.25, 0.3) is 5.95 Å². The summed E-state index contributed by atoms with van der Waals surface area (Å²) in [6.45, 7) is 2.38. The number of nitrogens with two attached hydrogens (primary N) is 1. The van der Waals surface area contributed by atoms with Gasteiger partial charge in [0, 0.05) is 28.9 Å². The molecule has 0 amide bonds. The van der Waals surface area contributed by atoms with Gasteiger partial charge >= 0.3 is 0 Å². The van der Waals surface area contributed by atoms with Crippen LogP contribution in [0.3, 0.4) is 0 Å². The molecule has 0 saturated carbocycles. The minimum Gasteiger partial charge on any atom is -0.368 e. The molecule has 2 heterocycles. The first-order valence-corrected chi connectivity index (χ1v) is 7.13. The van der Waals surface area contributed by atoms with Gasteiger partial charge in [-0.2, -0.15) is 24.7 Å². The van der Waals surface area contributed by atoms with Crippen LogP contribution in [0.1, 0.15) is 6.92 Å². The Morgan fingerprint density at radius 2 is 2.26 bits per heavy atom. The van der Waals surface area contributed by atoms with E-state index in [1.54, 1.807) is 0 Å². The molecular formula is C9H14N8OS. The van der Waals surface area contributed by atoms with Crippen LogP contribution in [0.2, 0.25) is 0 Å². The highest BCUT2D eigenvalue weighted by molar-refractivity contribution is 7.84. The molecule has 0 saturated heterocycles. The molecule has 3 N–H and O–H groups in total. The summed E-state index contributed by atoms with van der Waals surface area (Å²) in [5, 5.41) is 6.87. The van der Waals surface area contributed by atoms with Gasteiger partial charge in [-0.05, 0) is 0 Å². The molecule has 0 bridgehead atoms. The van der Waals surface area contributed by atoms with Crippen LogP contribution in [-0.4, -0.2) is 52.0 Å². The van der Waals surface area contributed by atoms with Crippen molar-refractivity contribution in [3.63, 3.8) is 0 Å². The van der Waals surface area contributed by atoms with Gasteiger partial charge in [0.2, 0.25) is 11.9 Å². The highest BCUT2D eigenvalue weighted by Crippen LogP contribution is 2.05. The molecule has 0 aromatic carbocycles. The maximum absolute atomic E-state index is 11.3. The zero-order chi connectivity index (χ0) is 13.7. The second-order valence-corrected chi connectivity index (χ2v) is 5.38. The Hall–Kier alpha value is -2.10. The average molecular weight is 282 g/mol. The molecule has 2 aromatic heterocycles. The summed E-state index contributed by atoms with van der Waals surface area (Å²) in [5.41, 5.74) is 5.60. The van der Waals surface area contributed by atoms with E-state index in [-0.39, 0.29) is 11.9 Å². The minimum atomic E-state index is -0.833. The van der Waals surface area contributed by atoms with Gasteiger partial charge in [0.15, 0.2) is 0 Å². The van der Waals surface area contributed by atoms with Crippen LogP contribution in [0.15, 0.2) is 12.7 Å². The number of hydrogen-bond donors (Lipinski definition) is 2. The maximum Gasteiger partial charge on any atom is 0.258 e. The van der Waals surface area contributed by atoms with E-state index in [0.29, 0.717) is 24.0 Å². The van der Waals surface area contributed by atoms with Crippen molar-refractivity contribution in [2.75, 3.05) is 29.1 Å². The third-order valence-electron chi connectivity index (χ3n) is 2.20. The van der Waals surface area contributed by atoms with Crippen LogP contribution >= 0.6 is 0 Å². The summed E-state index contributed by atoms with van der Waals surface area (Å²) < 4.78 is 12.7. The Morgan fingerprint density at radius 3 is 2.95 bits per heavy atom. The molecule has 9 nitrogen and oxygen atoms in total. The lowest BCUT2D eigenvalue weighted by atomic mass is 10.7. The summed E-state index contributed by atoms with van der Waals surface area (Å²) in [7, 11) is -0.833. The fourth-order valence-corrected chi connectivity index (χ4v) is 1.91. The van der Waals surface area contributed by atoms with E-state index >= 15 is 0 Å². The van der Waals surface area contributed by atoms with Crippen molar-refractivity contribution in [1.82, 2.24) is 29.7 Å². The van der Waals surface area contributed by atoms with Gasteiger partial charge in [-0.15, -0.1) is 0 Å². The van der Waals surface area contributed by atoms with Crippen LogP contribution in [0, 0.1) is 0 Å². The van der Waals surface area contributed by atoms with Crippen LogP contribution in [0.5, 0.6) is 0 Å². The van der Waals surface area contributed by atoms with Crippen LogP contribution in [0.4, 0.5) is 11.9 Å². The van der Waals surface area contributed by atoms with E-state index in [1.807, 2.05) is 6.92 Å². The van der Waals surface area contributed by atoms with Crippen molar-refractivity contribution in [2.45, 2.75) is 6.92 Å². The van der Waals surface area contributed by atoms with Crippen molar-refractivity contribution in [3.05, 3.63) is 12.7 Å². The zero-order valence-corrected chi connectivity index (χ0v) is 11.2. The number of nitrogens with zero attached hydrogens (tertiary/aromatic N) is 6. The van der Waals surface area contributed by atoms with Gasteiger partial charge in [0.1, 0.15) is 12.7 Å². The molecule has 10 heteroatoms. The molecular weight excluding hydrogens is 268 g/mol. The normalized spacial score (nSPS) is 12.3. The van der Waals surface area contributed by atoms with E-state index in [0.717, 1.165) is 0 Å². The first-order valence-electron chi connectivity index (χ1n) is 5.64. The summed E-state index contributed by atoms with van der Waals surface area (Å²) >= 11 is 0. The Labute approximate surface area is 112 Å². The predicted octanol–water partition coefficient (Wildman–Crippen LogP) is -0.785. The van der Waals surface area contributed by atoms with Gasteiger partial charge in [-0.3, -0.25) is 4.21 Å². The predicted molar refractivity (Wildman–Crippen MR) is 71.2 cm³/mol. The third kappa shape index (κ3) is 3.68. The number of nitrogen functional groups attached to an aromatic ring is 1. The lowest BCUT2D eigenvalue weighted by Crippen LogP contribution is -2.16. The van der Waals surface area contributed by atoms with Crippen molar-refractivity contribution in [2.24, 2.45) is 0 Å². The second-order valence-electron chi connectivity index (χ2n) is 3.52. The summed E-state index contributed by atoms with van der Waals surface area (Å²) in [6.07, 6.45) is 2.84. The van der Waals surface area contributed by atoms with E-state index in [9.17, 15) is 4.21 Å². The molecule has 0 fully saturated rings. The summed E-state index contributed by atoms with van der Waals surface area (Å²) in [5.74, 6) is 1.85. The van der Waals surface area contributed by atoms with Crippen LogP contribution in [-0.2, 0) is 10.8 Å². The van der Waals surface area contributed by atoms with E-state index in [1.165, 1.54) is 17.3 Å². The van der Waals surface area contributed by atoms with E-state index < -0.39 is 10.8 Å². The highest BCUT2D eigenvalue weighted by atomic mass is 32.2. The summed E-state index contributed by atoms with van der Waals surface area (Å²) in [6, 6.07) is 0. The molecule has 1 unspecified atom stereocenters. The van der Waals surface area contributed by atoms with Gasteiger partial charge in [-0.25, -0.2) is 4.98 Å². The maximum atomic E-state index is 11.3. The molecule has 0 aliphatic rings. The quantitative estimate of drug-likeness (QED) is 0.706. The molecule has 1 atom stereocenters. The monoisotopic (exact) mass is 282 g/mol. The standard InChI is InChI=1S/C9H14N8OS/c1-2-19(18)4-3-12-8-14-7(10)15-9(16-8)17-6-11-5-13-17/h5-6H,2-4H2,1H3,(H3,10,12,14,15,16). The number of nitrogens with one attached hydrogen (secondary N) is 1. The average Bonchev–Trinajstić information content (AvgIpc) is 2.91. The van der Waals surface area contributed by atoms with Crippen molar-refractivity contribution in [1.29, 1.82) is 0 Å². The lowest BCUT2D eigenvalue weighted by molar-refractivity contribution is 0.684. The Morgan fingerprint density at radius 1 is 1.42 bits per heavy atom. The largest absolute Gasteiger partial charge is 0.368 e. The molecule has 2 aromatic rings. The Kier molecular flexibility index (Phi) is 4.34. The topological polar surface area (TPSA) is 125 Å². The molecule has 0 aliphatic carbocycles. The Bertz CT molecular complexity index is 557. The number of rotatable bonds is 6. The number of aromatic nitrogens is 6. The zero-order valence-electron chi connectivity index (χ0n) is 10.4. The fraction of sp³-hybridized carbons (Fsp3) is 0.444. The molecule has 0 radical (unpaired) electrons. The van der Waals surface area contributed by atoms with Crippen LogP contribution < -0.4 is 11.1 Å². The molecule has 102 valence electrons. The first kappa shape index (κ1) is 13.3. The van der Waals surface area contributed by atoms with Gasteiger partial charge in [-0.1, -0.05) is 6.92 Å². The van der Waals surface area contributed by atoms with E-state index in [4.69, 9.17) is 5.73 Å². The number of hydrogen-bond acceptors (Lipinski definition) is 8. The third-order valence-corrected chi connectivity index (χ3v) is 3.50. The molecule has 0 aliphatic heterocycles. The first-order chi connectivity index (χ1) is 9.19. The van der Waals surface area contributed by atoms with Crippen LogP contribution in [0.25, 0.3) is 5.95 Å². The smallest absolute Gasteiger partial charge is 0.258 e. The SMILES string of the molecule is CCS(=O)CCNc1nc(N)nc(-n2cncn2)n1. The van der Waals surface area contributed by atoms with Crippen molar-refractivity contribution < 1.29 is 4.21 Å². The molecule has 19 heavy (non-hydrogen) atoms. The fourth-order valence-electron chi connectivity index (χ4n) is 1.29. The second kappa shape index (κ2) is 6.18. The highest BCUT2D eigenvalue weighted by Gasteiger charge is 2.06. The van der Waals surface area contributed by atoms with Crippen molar-refractivity contribution >= 4 is 22.7 Å². The summed E-state index contributed by atoms with van der Waals surface area (Å²) in [4.78, 5) is 15.9. The lowest BCUT2D eigenvalue weighted by Gasteiger charge is -2.06. The van der Waals surface area contributed by atoms with Gasteiger partial charge in [0.05, 0.1) is 0 Å². The molecule has 0 spiro atoms.